The number of hydrogen-bond donors (Lipinski definition) is 0. The SMILES string of the molecule is C=C(C)/C(CC)=C(/C1=C=CN=CC=C1)C1=C(C)CC(C)(C)CC1=O. The highest BCUT2D eigenvalue weighted by Gasteiger charge is 2.34. The van der Waals surface area contributed by atoms with Gasteiger partial charge in [0, 0.05) is 29.4 Å². The maximum Gasteiger partial charge on any atom is 0.164 e. The van der Waals surface area contributed by atoms with Crippen molar-refractivity contribution in [2.45, 2.75) is 53.9 Å². The van der Waals surface area contributed by atoms with E-state index in [1.165, 1.54) is 0 Å². The number of ketones is 1. The van der Waals surface area contributed by atoms with Crippen LogP contribution in [-0.2, 0) is 4.79 Å². The van der Waals surface area contributed by atoms with Crippen LogP contribution in [0.5, 0.6) is 0 Å². The minimum absolute atomic E-state index is 0.0258. The summed E-state index contributed by atoms with van der Waals surface area (Å²) in [6.07, 6.45) is 9.61. The van der Waals surface area contributed by atoms with Crippen LogP contribution in [0.2, 0.25) is 0 Å². The van der Waals surface area contributed by atoms with Gasteiger partial charge in [-0.3, -0.25) is 9.79 Å². The molecular formula is C22H27NO. The second-order valence-corrected chi connectivity index (χ2v) is 7.43. The van der Waals surface area contributed by atoms with Crippen LogP contribution < -0.4 is 0 Å². The fraction of sp³-hybridized carbons (Fsp3) is 0.409. The molecule has 0 amide bonds. The van der Waals surface area contributed by atoms with Gasteiger partial charge in [-0.05, 0) is 49.8 Å². The zero-order valence-corrected chi connectivity index (χ0v) is 15.5. The maximum atomic E-state index is 13.0. The van der Waals surface area contributed by atoms with Gasteiger partial charge in [0.05, 0.1) is 6.20 Å². The molecule has 2 rings (SSSR count). The van der Waals surface area contributed by atoms with Gasteiger partial charge in [0.1, 0.15) is 0 Å². The van der Waals surface area contributed by atoms with Crippen LogP contribution in [0.1, 0.15) is 53.9 Å². The molecule has 0 saturated heterocycles. The number of hydrogen-bond acceptors (Lipinski definition) is 2. The first-order chi connectivity index (χ1) is 11.3. The van der Waals surface area contributed by atoms with Crippen molar-refractivity contribution in [1.29, 1.82) is 0 Å². The van der Waals surface area contributed by atoms with Crippen molar-refractivity contribution in [3.05, 3.63) is 64.1 Å². The van der Waals surface area contributed by atoms with E-state index in [0.717, 1.165) is 46.3 Å². The number of carbonyl (C=O) groups is 1. The summed E-state index contributed by atoms with van der Waals surface area (Å²) < 4.78 is 0. The molecule has 2 nitrogen and oxygen atoms in total. The Bertz CT molecular complexity index is 760. The molecule has 0 aromatic heterocycles. The normalized spacial score (nSPS) is 20.7. The molecule has 0 atom stereocenters. The lowest BCUT2D eigenvalue weighted by molar-refractivity contribution is -0.117. The predicted octanol–water partition coefficient (Wildman–Crippen LogP) is 5.65. The first kappa shape index (κ1) is 18.2. The molecule has 1 aliphatic carbocycles. The molecule has 0 fully saturated rings. The third kappa shape index (κ3) is 3.83. The van der Waals surface area contributed by atoms with E-state index in [1.54, 1.807) is 12.4 Å². The largest absolute Gasteiger partial charge is 0.294 e. The van der Waals surface area contributed by atoms with E-state index in [2.05, 4.69) is 45.0 Å². The van der Waals surface area contributed by atoms with Crippen LogP contribution in [0.25, 0.3) is 0 Å². The molecule has 0 unspecified atom stereocenters. The Morgan fingerprint density at radius 1 is 1.38 bits per heavy atom. The van der Waals surface area contributed by atoms with Crippen LogP contribution in [-0.4, -0.2) is 12.0 Å². The van der Waals surface area contributed by atoms with Crippen LogP contribution in [0.15, 0.2) is 69.1 Å². The molecule has 0 bridgehead atoms. The third-order valence-electron chi connectivity index (χ3n) is 4.51. The zero-order chi connectivity index (χ0) is 17.9. The Hall–Kier alpha value is -2.18. The van der Waals surface area contributed by atoms with E-state index in [-0.39, 0.29) is 11.2 Å². The molecule has 1 heterocycles. The molecule has 24 heavy (non-hydrogen) atoms. The average molecular weight is 321 g/mol. The van der Waals surface area contributed by atoms with Gasteiger partial charge in [-0.25, -0.2) is 0 Å². The summed E-state index contributed by atoms with van der Waals surface area (Å²) in [5, 5.41) is 0. The van der Waals surface area contributed by atoms with Crippen LogP contribution >= 0.6 is 0 Å². The average Bonchev–Trinajstić information content (AvgIpc) is 2.72. The molecule has 0 saturated carbocycles. The van der Waals surface area contributed by atoms with Gasteiger partial charge < -0.3 is 0 Å². The van der Waals surface area contributed by atoms with E-state index < -0.39 is 0 Å². The summed E-state index contributed by atoms with van der Waals surface area (Å²) in [4.78, 5) is 17.1. The quantitative estimate of drug-likeness (QED) is 0.485. The van der Waals surface area contributed by atoms with Crippen molar-refractivity contribution in [2.75, 3.05) is 0 Å². The first-order valence-corrected chi connectivity index (χ1v) is 8.54. The van der Waals surface area contributed by atoms with Gasteiger partial charge in [0.2, 0.25) is 0 Å². The van der Waals surface area contributed by atoms with Gasteiger partial charge >= 0.3 is 0 Å². The number of allylic oxidation sites excluding steroid dienone is 8. The number of nitrogens with zero attached hydrogens (tertiary/aromatic N) is 1. The lowest BCUT2D eigenvalue weighted by Gasteiger charge is -2.32. The predicted molar refractivity (Wildman–Crippen MR) is 102 cm³/mol. The van der Waals surface area contributed by atoms with Crippen LogP contribution in [0.3, 0.4) is 0 Å². The molecule has 126 valence electrons. The van der Waals surface area contributed by atoms with Crippen molar-refractivity contribution in [3.63, 3.8) is 0 Å². The number of rotatable bonds is 4. The molecule has 0 radical (unpaired) electrons. The van der Waals surface area contributed by atoms with E-state index in [4.69, 9.17) is 0 Å². The second kappa shape index (κ2) is 7.15. The Balaban J connectivity index is 2.76. The minimum Gasteiger partial charge on any atom is -0.294 e. The number of aliphatic imine (C=N–C) groups is 1. The zero-order valence-electron chi connectivity index (χ0n) is 15.5. The molecule has 1 aliphatic heterocycles. The molecular weight excluding hydrogens is 294 g/mol. The Kier molecular flexibility index (Phi) is 5.41. The van der Waals surface area contributed by atoms with Crippen LogP contribution in [0, 0.1) is 5.41 Å². The second-order valence-electron chi connectivity index (χ2n) is 7.43. The minimum atomic E-state index is 0.0258. The fourth-order valence-corrected chi connectivity index (χ4v) is 3.67. The van der Waals surface area contributed by atoms with E-state index >= 15 is 0 Å². The van der Waals surface area contributed by atoms with E-state index in [1.807, 2.05) is 19.1 Å². The highest BCUT2D eigenvalue weighted by Crippen LogP contribution is 2.42. The third-order valence-corrected chi connectivity index (χ3v) is 4.51. The van der Waals surface area contributed by atoms with Crippen molar-refractivity contribution in [2.24, 2.45) is 10.4 Å². The Morgan fingerprint density at radius 3 is 2.67 bits per heavy atom. The molecule has 2 aliphatic rings. The van der Waals surface area contributed by atoms with Gasteiger partial charge in [-0.1, -0.05) is 44.2 Å². The van der Waals surface area contributed by atoms with Gasteiger partial charge in [-0.2, -0.15) is 0 Å². The number of carbonyl (C=O) groups excluding carboxylic acids is 1. The molecule has 2 heteroatoms. The van der Waals surface area contributed by atoms with Crippen molar-refractivity contribution in [3.8, 4) is 0 Å². The smallest absolute Gasteiger partial charge is 0.164 e. The monoisotopic (exact) mass is 321 g/mol. The van der Waals surface area contributed by atoms with Crippen molar-refractivity contribution >= 4 is 12.0 Å². The highest BCUT2D eigenvalue weighted by atomic mass is 16.1. The summed E-state index contributed by atoms with van der Waals surface area (Å²) in [6, 6.07) is 0. The summed E-state index contributed by atoms with van der Waals surface area (Å²) in [6.45, 7) is 14.7. The van der Waals surface area contributed by atoms with Gasteiger partial charge in [0.25, 0.3) is 0 Å². The fourth-order valence-electron chi connectivity index (χ4n) is 3.67. The summed E-state index contributed by atoms with van der Waals surface area (Å²) in [7, 11) is 0. The Labute approximate surface area is 145 Å². The summed E-state index contributed by atoms with van der Waals surface area (Å²) in [5.41, 5.74) is 9.30. The Morgan fingerprint density at radius 2 is 2.08 bits per heavy atom. The topological polar surface area (TPSA) is 29.4 Å². The lowest BCUT2D eigenvalue weighted by atomic mass is 9.70. The summed E-state index contributed by atoms with van der Waals surface area (Å²) >= 11 is 0. The molecule has 0 spiro atoms. The van der Waals surface area contributed by atoms with Crippen LogP contribution in [0.4, 0.5) is 0 Å². The first-order valence-electron chi connectivity index (χ1n) is 8.54. The van der Waals surface area contributed by atoms with Crippen molar-refractivity contribution < 1.29 is 4.79 Å². The molecule has 0 aromatic rings. The molecule has 0 aromatic carbocycles. The van der Waals surface area contributed by atoms with Gasteiger partial charge in [-0.15, -0.1) is 0 Å². The van der Waals surface area contributed by atoms with E-state index in [0.29, 0.717) is 6.42 Å². The maximum absolute atomic E-state index is 13.0. The number of Topliss-reactive ketones (excluding diaryl/α,β-unsaturated/α-hetero) is 1. The van der Waals surface area contributed by atoms with Gasteiger partial charge in [0.15, 0.2) is 5.78 Å². The standard InChI is InChI=1S/C22H27NO/c1-7-18(15(2)3)21(17-9-8-11-23-12-10-17)20-16(4)13-22(5,6)14-19(20)24/h8-9,11-12H,2,7,13-14H2,1,3-6H3/b21-18-. The molecule has 0 N–H and O–H groups in total. The van der Waals surface area contributed by atoms with E-state index in [9.17, 15) is 4.79 Å². The highest BCUT2D eigenvalue weighted by molar-refractivity contribution is 6.03. The lowest BCUT2D eigenvalue weighted by Crippen LogP contribution is -2.26. The summed E-state index contributed by atoms with van der Waals surface area (Å²) in [5.74, 6) is 0.221. The van der Waals surface area contributed by atoms with Crippen molar-refractivity contribution in [1.82, 2.24) is 0 Å².